The van der Waals surface area contributed by atoms with E-state index in [2.05, 4.69) is 0 Å². The van der Waals surface area contributed by atoms with Crippen molar-refractivity contribution < 1.29 is 14.6 Å². The third-order valence-corrected chi connectivity index (χ3v) is 2.86. The van der Waals surface area contributed by atoms with E-state index in [1.165, 1.54) is 6.07 Å². The normalized spacial score (nSPS) is 9.75. The van der Waals surface area contributed by atoms with Crippen molar-refractivity contribution in [3.05, 3.63) is 65.2 Å². The van der Waals surface area contributed by atoms with Gasteiger partial charge in [-0.2, -0.15) is 5.26 Å². The standard InChI is InChI=1S/C16H13NO3/c17-10-9-13-14(16(18)19)7-4-8-15(13)20-11-12-5-2-1-3-6-12/h1-8H,9,11H2,(H,18,19). The largest absolute Gasteiger partial charge is 0.489 e. The van der Waals surface area contributed by atoms with E-state index in [0.29, 0.717) is 17.9 Å². The van der Waals surface area contributed by atoms with Gasteiger partial charge in [-0.05, 0) is 17.7 Å². The summed E-state index contributed by atoms with van der Waals surface area (Å²) >= 11 is 0. The lowest BCUT2D eigenvalue weighted by atomic mass is 10.0. The second kappa shape index (κ2) is 6.39. The van der Waals surface area contributed by atoms with Crippen molar-refractivity contribution in [2.75, 3.05) is 0 Å². The predicted octanol–water partition coefficient (Wildman–Crippen LogP) is 3.03. The molecule has 0 spiro atoms. The van der Waals surface area contributed by atoms with Crippen molar-refractivity contribution in [3.63, 3.8) is 0 Å². The molecule has 0 amide bonds. The average molecular weight is 267 g/mol. The van der Waals surface area contributed by atoms with E-state index in [0.717, 1.165) is 5.56 Å². The highest BCUT2D eigenvalue weighted by molar-refractivity contribution is 5.90. The molecule has 0 saturated carbocycles. The number of carbonyl (C=O) groups is 1. The fourth-order valence-electron chi connectivity index (χ4n) is 1.90. The third kappa shape index (κ3) is 3.15. The molecule has 0 fully saturated rings. The first kappa shape index (κ1) is 13.6. The Morgan fingerprint density at radius 1 is 1.15 bits per heavy atom. The van der Waals surface area contributed by atoms with E-state index in [1.807, 2.05) is 36.4 Å². The van der Waals surface area contributed by atoms with Crippen molar-refractivity contribution >= 4 is 5.97 Å². The maximum atomic E-state index is 11.2. The molecule has 1 N–H and O–H groups in total. The second-order valence-corrected chi connectivity index (χ2v) is 4.20. The minimum atomic E-state index is -1.06. The summed E-state index contributed by atoms with van der Waals surface area (Å²) in [5, 5.41) is 18.0. The number of nitriles is 1. The van der Waals surface area contributed by atoms with E-state index >= 15 is 0 Å². The molecule has 2 aromatic rings. The van der Waals surface area contributed by atoms with Crippen LogP contribution in [-0.2, 0) is 13.0 Å². The van der Waals surface area contributed by atoms with E-state index < -0.39 is 5.97 Å². The quantitative estimate of drug-likeness (QED) is 0.903. The molecular formula is C16H13NO3. The maximum absolute atomic E-state index is 11.2. The van der Waals surface area contributed by atoms with Gasteiger partial charge < -0.3 is 9.84 Å². The highest BCUT2D eigenvalue weighted by atomic mass is 16.5. The van der Waals surface area contributed by atoms with Gasteiger partial charge in [0.2, 0.25) is 0 Å². The van der Waals surface area contributed by atoms with Crippen LogP contribution in [0.2, 0.25) is 0 Å². The summed E-state index contributed by atoms with van der Waals surface area (Å²) in [7, 11) is 0. The first-order chi connectivity index (χ1) is 9.72. The molecule has 4 nitrogen and oxygen atoms in total. The van der Waals surface area contributed by atoms with Crippen molar-refractivity contribution in [1.82, 2.24) is 0 Å². The van der Waals surface area contributed by atoms with Gasteiger partial charge in [0.15, 0.2) is 0 Å². The molecule has 100 valence electrons. The van der Waals surface area contributed by atoms with Gasteiger partial charge in [0, 0.05) is 5.56 Å². The summed E-state index contributed by atoms with van der Waals surface area (Å²) < 4.78 is 5.65. The summed E-state index contributed by atoms with van der Waals surface area (Å²) in [5.41, 5.74) is 1.51. The van der Waals surface area contributed by atoms with E-state index in [4.69, 9.17) is 15.1 Å². The molecule has 2 aromatic carbocycles. The summed E-state index contributed by atoms with van der Waals surface area (Å²) in [5.74, 6) is -0.615. The van der Waals surface area contributed by atoms with Crippen LogP contribution in [0.1, 0.15) is 21.5 Å². The first-order valence-corrected chi connectivity index (χ1v) is 6.11. The van der Waals surface area contributed by atoms with Gasteiger partial charge in [0.1, 0.15) is 12.4 Å². The molecule has 4 heteroatoms. The number of carboxylic acid groups (broad SMARTS) is 1. The van der Waals surface area contributed by atoms with Crippen molar-refractivity contribution in [2.45, 2.75) is 13.0 Å². The third-order valence-electron chi connectivity index (χ3n) is 2.86. The highest BCUT2D eigenvalue weighted by Gasteiger charge is 2.14. The molecule has 0 aromatic heterocycles. The summed E-state index contributed by atoms with van der Waals surface area (Å²) in [6.07, 6.45) is 0.00654. The fraction of sp³-hybridized carbons (Fsp3) is 0.125. The monoisotopic (exact) mass is 267 g/mol. The van der Waals surface area contributed by atoms with Gasteiger partial charge in [-0.25, -0.2) is 4.79 Å². The number of carboxylic acids is 1. The van der Waals surface area contributed by atoms with Crippen LogP contribution >= 0.6 is 0 Å². The lowest BCUT2D eigenvalue weighted by Gasteiger charge is -2.12. The van der Waals surface area contributed by atoms with Crippen LogP contribution in [0.5, 0.6) is 5.75 Å². The van der Waals surface area contributed by atoms with Gasteiger partial charge in [0.05, 0.1) is 18.1 Å². The molecule has 0 aliphatic carbocycles. The van der Waals surface area contributed by atoms with E-state index in [1.54, 1.807) is 12.1 Å². The van der Waals surface area contributed by atoms with Crippen LogP contribution in [0.25, 0.3) is 0 Å². The molecule has 0 radical (unpaired) electrons. The molecule has 20 heavy (non-hydrogen) atoms. The Balaban J connectivity index is 2.25. The zero-order chi connectivity index (χ0) is 14.4. The highest BCUT2D eigenvalue weighted by Crippen LogP contribution is 2.24. The molecular weight excluding hydrogens is 254 g/mol. The molecule has 0 bridgehead atoms. The Morgan fingerprint density at radius 2 is 1.90 bits per heavy atom. The molecule has 0 heterocycles. The average Bonchev–Trinajstić information content (AvgIpc) is 2.47. The Bertz CT molecular complexity index is 645. The van der Waals surface area contributed by atoms with Gasteiger partial charge in [-0.1, -0.05) is 36.4 Å². The van der Waals surface area contributed by atoms with E-state index in [-0.39, 0.29) is 12.0 Å². The number of hydrogen-bond acceptors (Lipinski definition) is 3. The van der Waals surface area contributed by atoms with Crippen LogP contribution in [0.15, 0.2) is 48.5 Å². The van der Waals surface area contributed by atoms with Crippen LogP contribution in [0.3, 0.4) is 0 Å². The zero-order valence-corrected chi connectivity index (χ0v) is 10.7. The molecule has 0 saturated heterocycles. The fourth-order valence-corrected chi connectivity index (χ4v) is 1.90. The van der Waals surface area contributed by atoms with Gasteiger partial charge >= 0.3 is 5.97 Å². The Morgan fingerprint density at radius 3 is 2.55 bits per heavy atom. The molecule has 0 atom stereocenters. The molecule has 0 unspecified atom stereocenters. The smallest absolute Gasteiger partial charge is 0.336 e. The Hall–Kier alpha value is -2.80. The molecule has 0 aliphatic heterocycles. The minimum absolute atomic E-state index is 0.00654. The topological polar surface area (TPSA) is 70.3 Å². The summed E-state index contributed by atoms with van der Waals surface area (Å²) in [6.45, 7) is 0.336. The van der Waals surface area contributed by atoms with Crippen molar-refractivity contribution in [3.8, 4) is 11.8 Å². The zero-order valence-electron chi connectivity index (χ0n) is 10.7. The van der Waals surface area contributed by atoms with E-state index in [9.17, 15) is 4.79 Å². The Kier molecular flexibility index (Phi) is 4.35. The van der Waals surface area contributed by atoms with Gasteiger partial charge in [-0.15, -0.1) is 0 Å². The van der Waals surface area contributed by atoms with Crippen LogP contribution in [-0.4, -0.2) is 11.1 Å². The number of rotatable bonds is 5. The predicted molar refractivity (Wildman–Crippen MR) is 73.5 cm³/mol. The lowest BCUT2D eigenvalue weighted by molar-refractivity contribution is 0.0695. The number of hydrogen-bond donors (Lipinski definition) is 1. The number of nitrogens with zero attached hydrogens (tertiary/aromatic N) is 1. The van der Waals surface area contributed by atoms with Crippen LogP contribution in [0, 0.1) is 11.3 Å². The number of ether oxygens (including phenoxy) is 1. The van der Waals surface area contributed by atoms with Crippen molar-refractivity contribution in [2.24, 2.45) is 0 Å². The number of aromatic carboxylic acids is 1. The lowest BCUT2D eigenvalue weighted by Crippen LogP contribution is -2.05. The second-order valence-electron chi connectivity index (χ2n) is 4.20. The summed E-state index contributed by atoms with van der Waals surface area (Å²) in [4.78, 5) is 11.2. The van der Waals surface area contributed by atoms with Crippen LogP contribution in [0.4, 0.5) is 0 Å². The molecule has 0 aliphatic rings. The minimum Gasteiger partial charge on any atom is -0.489 e. The van der Waals surface area contributed by atoms with Gasteiger partial charge in [0.25, 0.3) is 0 Å². The van der Waals surface area contributed by atoms with Gasteiger partial charge in [-0.3, -0.25) is 0 Å². The number of benzene rings is 2. The SMILES string of the molecule is N#CCc1c(OCc2ccccc2)cccc1C(=O)O. The van der Waals surface area contributed by atoms with Crippen molar-refractivity contribution in [1.29, 1.82) is 5.26 Å². The molecule has 2 rings (SSSR count). The maximum Gasteiger partial charge on any atom is 0.336 e. The Labute approximate surface area is 116 Å². The first-order valence-electron chi connectivity index (χ1n) is 6.11. The van der Waals surface area contributed by atoms with Crippen LogP contribution < -0.4 is 4.74 Å². The summed E-state index contributed by atoms with van der Waals surface area (Å²) in [6, 6.07) is 16.3.